The summed E-state index contributed by atoms with van der Waals surface area (Å²) >= 11 is 0. The minimum Gasteiger partial charge on any atom is -0.480 e. The second kappa shape index (κ2) is 7.05. The quantitative estimate of drug-likeness (QED) is 0.700. The van der Waals surface area contributed by atoms with Crippen LogP contribution in [-0.4, -0.2) is 54.4 Å². The average molecular weight is 232 g/mol. The van der Waals surface area contributed by atoms with Crippen molar-refractivity contribution in [2.24, 2.45) is 0 Å². The molecule has 0 heterocycles. The number of hydrogen-bond donors (Lipinski definition) is 2. The summed E-state index contributed by atoms with van der Waals surface area (Å²) in [5.74, 6) is -1.05. The van der Waals surface area contributed by atoms with E-state index in [2.05, 4.69) is 5.32 Å². The van der Waals surface area contributed by atoms with Gasteiger partial charge in [-0.25, -0.2) is 4.79 Å². The van der Waals surface area contributed by atoms with Crippen LogP contribution in [0.2, 0.25) is 0 Å². The number of urea groups is 1. The highest BCUT2D eigenvalue weighted by atomic mass is 16.5. The van der Waals surface area contributed by atoms with Crippen LogP contribution >= 0.6 is 0 Å². The van der Waals surface area contributed by atoms with Crippen molar-refractivity contribution in [1.82, 2.24) is 10.2 Å². The minimum absolute atomic E-state index is 0.00357. The van der Waals surface area contributed by atoms with Crippen molar-refractivity contribution in [3.8, 4) is 0 Å². The van der Waals surface area contributed by atoms with Crippen LogP contribution in [0.3, 0.4) is 0 Å². The Labute approximate surface area is 95.6 Å². The van der Waals surface area contributed by atoms with Crippen molar-refractivity contribution in [3.05, 3.63) is 0 Å². The van der Waals surface area contributed by atoms with Gasteiger partial charge in [0.25, 0.3) is 0 Å². The Hall–Kier alpha value is -1.30. The van der Waals surface area contributed by atoms with Gasteiger partial charge in [-0.3, -0.25) is 4.79 Å². The van der Waals surface area contributed by atoms with Gasteiger partial charge in [-0.15, -0.1) is 0 Å². The monoisotopic (exact) mass is 232 g/mol. The number of amides is 2. The second-order valence-corrected chi connectivity index (χ2v) is 3.79. The van der Waals surface area contributed by atoms with Gasteiger partial charge in [0, 0.05) is 19.7 Å². The average Bonchev–Trinajstić information content (AvgIpc) is 2.17. The van der Waals surface area contributed by atoms with Crippen molar-refractivity contribution in [2.45, 2.75) is 32.9 Å². The summed E-state index contributed by atoms with van der Waals surface area (Å²) in [7, 11) is 1.55. The van der Waals surface area contributed by atoms with E-state index >= 15 is 0 Å². The van der Waals surface area contributed by atoms with Crippen molar-refractivity contribution in [3.63, 3.8) is 0 Å². The first-order chi connectivity index (χ1) is 7.40. The standard InChI is InChI=1S/C10H20N2O4/c1-7(2)12(5-6-16-4)10(15)11-8(3)9(13)14/h7-8H,5-6H2,1-4H3,(H,11,15)(H,13,14)/t8-/m0/s1. The van der Waals surface area contributed by atoms with Crippen LogP contribution in [-0.2, 0) is 9.53 Å². The minimum atomic E-state index is -1.05. The van der Waals surface area contributed by atoms with Crippen molar-refractivity contribution in [1.29, 1.82) is 0 Å². The van der Waals surface area contributed by atoms with Crippen molar-refractivity contribution >= 4 is 12.0 Å². The van der Waals surface area contributed by atoms with E-state index in [4.69, 9.17) is 9.84 Å². The van der Waals surface area contributed by atoms with Gasteiger partial charge >= 0.3 is 12.0 Å². The first-order valence-corrected chi connectivity index (χ1v) is 5.19. The number of carboxylic acids is 1. The Morgan fingerprint density at radius 2 is 1.94 bits per heavy atom. The van der Waals surface area contributed by atoms with E-state index in [9.17, 15) is 9.59 Å². The number of ether oxygens (including phenoxy) is 1. The Kier molecular flexibility index (Phi) is 6.48. The summed E-state index contributed by atoms with van der Waals surface area (Å²) in [5.41, 5.74) is 0. The Balaban J connectivity index is 4.32. The number of carboxylic acid groups (broad SMARTS) is 1. The van der Waals surface area contributed by atoms with Gasteiger partial charge in [0.05, 0.1) is 6.61 Å². The van der Waals surface area contributed by atoms with Crippen LogP contribution in [0.15, 0.2) is 0 Å². The van der Waals surface area contributed by atoms with Gasteiger partial charge in [-0.05, 0) is 20.8 Å². The molecule has 0 spiro atoms. The molecule has 0 bridgehead atoms. The molecule has 0 saturated heterocycles. The molecular weight excluding hydrogens is 212 g/mol. The molecule has 2 amide bonds. The van der Waals surface area contributed by atoms with Crippen LogP contribution in [0.25, 0.3) is 0 Å². The number of aliphatic carboxylic acids is 1. The largest absolute Gasteiger partial charge is 0.480 e. The molecule has 0 radical (unpaired) electrons. The smallest absolute Gasteiger partial charge is 0.325 e. The van der Waals surface area contributed by atoms with Crippen molar-refractivity contribution < 1.29 is 19.4 Å². The molecule has 1 atom stereocenters. The highest BCUT2D eigenvalue weighted by Crippen LogP contribution is 1.99. The fourth-order valence-corrected chi connectivity index (χ4v) is 1.11. The lowest BCUT2D eigenvalue weighted by Crippen LogP contribution is -2.50. The van der Waals surface area contributed by atoms with E-state index in [0.717, 1.165) is 0 Å². The molecule has 0 aliphatic carbocycles. The van der Waals surface area contributed by atoms with Gasteiger partial charge < -0.3 is 20.1 Å². The number of methoxy groups -OCH3 is 1. The molecule has 6 heteroatoms. The zero-order valence-electron chi connectivity index (χ0n) is 10.2. The van der Waals surface area contributed by atoms with Crippen LogP contribution in [0, 0.1) is 0 Å². The molecule has 94 valence electrons. The third-order valence-corrected chi connectivity index (χ3v) is 2.13. The van der Waals surface area contributed by atoms with Gasteiger partial charge in [0.15, 0.2) is 0 Å². The van der Waals surface area contributed by atoms with Gasteiger partial charge in [-0.1, -0.05) is 0 Å². The van der Waals surface area contributed by atoms with Gasteiger partial charge in [0.1, 0.15) is 6.04 Å². The Bertz CT molecular complexity index is 243. The summed E-state index contributed by atoms with van der Waals surface area (Å²) in [6.45, 7) is 6.01. The van der Waals surface area contributed by atoms with Crippen LogP contribution < -0.4 is 5.32 Å². The molecule has 0 aromatic carbocycles. The van der Waals surface area contributed by atoms with E-state index in [1.54, 1.807) is 7.11 Å². The number of rotatable bonds is 6. The highest BCUT2D eigenvalue weighted by molar-refractivity contribution is 5.82. The maximum Gasteiger partial charge on any atom is 0.325 e. The summed E-state index contributed by atoms with van der Waals surface area (Å²) in [6, 6.07) is -1.28. The third kappa shape index (κ3) is 4.97. The van der Waals surface area contributed by atoms with Gasteiger partial charge in [0.2, 0.25) is 0 Å². The first kappa shape index (κ1) is 14.7. The molecule has 0 unspecified atom stereocenters. The molecule has 0 aliphatic rings. The number of carbonyl (C=O) groups is 2. The zero-order valence-corrected chi connectivity index (χ0v) is 10.2. The normalized spacial score (nSPS) is 12.3. The van der Waals surface area contributed by atoms with Crippen molar-refractivity contribution in [2.75, 3.05) is 20.3 Å². The first-order valence-electron chi connectivity index (χ1n) is 5.19. The summed E-state index contributed by atoms with van der Waals surface area (Å²) in [4.78, 5) is 23.8. The Morgan fingerprint density at radius 3 is 2.31 bits per heavy atom. The number of nitrogens with zero attached hydrogens (tertiary/aromatic N) is 1. The van der Waals surface area contributed by atoms with Crippen LogP contribution in [0.4, 0.5) is 4.79 Å². The number of carbonyl (C=O) groups excluding carboxylic acids is 1. The summed E-state index contributed by atoms with van der Waals surface area (Å²) in [6.07, 6.45) is 0. The summed E-state index contributed by atoms with van der Waals surface area (Å²) in [5, 5.41) is 11.1. The maximum absolute atomic E-state index is 11.7. The van der Waals surface area contributed by atoms with E-state index in [0.29, 0.717) is 13.2 Å². The van der Waals surface area contributed by atoms with E-state index < -0.39 is 12.0 Å². The Morgan fingerprint density at radius 1 is 1.38 bits per heavy atom. The predicted molar refractivity (Wildman–Crippen MR) is 59.3 cm³/mol. The van der Waals surface area contributed by atoms with E-state index in [1.165, 1.54) is 11.8 Å². The van der Waals surface area contributed by atoms with Gasteiger partial charge in [-0.2, -0.15) is 0 Å². The third-order valence-electron chi connectivity index (χ3n) is 2.13. The number of nitrogens with one attached hydrogen (secondary N) is 1. The fourth-order valence-electron chi connectivity index (χ4n) is 1.11. The highest BCUT2D eigenvalue weighted by Gasteiger charge is 2.20. The molecule has 2 N–H and O–H groups in total. The molecule has 0 rings (SSSR count). The molecule has 6 nitrogen and oxygen atoms in total. The summed E-state index contributed by atoms with van der Waals surface area (Å²) < 4.78 is 4.89. The molecular formula is C10H20N2O4. The second-order valence-electron chi connectivity index (χ2n) is 3.79. The molecule has 0 fully saturated rings. The molecule has 0 aliphatic heterocycles. The fraction of sp³-hybridized carbons (Fsp3) is 0.800. The van der Waals surface area contributed by atoms with E-state index in [1.807, 2.05) is 13.8 Å². The SMILES string of the molecule is COCCN(C(=O)N[C@@H](C)C(=O)O)C(C)C. The predicted octanol–water partition coefficient (Wildman–Crippen LogP) is 0.526. The maximum atomic E-state index is 11.7. The van der Waals surface area contributed by atoms with Crippen LogP contribution in [0.5, 0.6) is 0 Å². The lowest BCUT2D eigenvalue weighted by atomic mass is 10.3. The number of hydrogen-bond acceptors (Lipinski definition) is 3. The molecule has 16 heavy (non-hydrogen) atoms. The topological polar surface area (TPSA) is 78.9 Å². The lowest BCUT2D eigenvalue weighted by Gasteiger charge is -2.27. The van der Waals surface area contributed by atoms with Crippen LogP contribution in [0.1, 0.15) is 20.8 Å². The lowest BCUT2D eigenvalue weighted by molar-refractivity contribution is -0.138. The molecule has 0 saturated carbocycles. The zero-order chi connectivity index (χ0) is 12.7. The molecule has 0 aromatic rings. The van der Waals surface area contributed by atoms with E-state index in [-0.39, 0.29) is 12.1 Å². The molecule has 0 aromatic heterocycles.